The highest BCUT2D eigenvalue weighted by Gasteiger charge is 2.22. The number of aliphatic imine (C=N–C) groups is 1. The van der Waals surface area contributed by atoms with Crippen molar-refractivity contribution in [1.82, 2.24) is 20.9 Å². The Kier molecular flexibility index (Phi) is 11.8. The fourth-order valence-electron chi connectivity index (χ4n) is 2.85. The van der Waals surface area contributed by atoms with Crippen LogP contribution in [-0.2, 0) is 9.59 Å². The van der Waals surface area contributed by atoms with Gasteiger partial charge in [0, 0.05) is 37.6 Å². The van der Waals surface area contributed by atoms with Gasteiger partial charge in [0.15, 0.2) is 5.96 Å². The number of carbonyl (C=O) groups excluding carboxylic acids is 2. The zero-order valence-corrected chi connectivity index (χ0v) is 19.2. The van der Waals surface area contributed by atoms with Crippen LogP contribution in [0.2, 0.25) is 0 Å². The molecule has 1 saturated heterocycles. The molecule has 1 aliphatic heterocycles. The SMILES string of the molecule is CCNC(=NCC(=O)NC(C)(C)C)NCCC(=O)N1CCCCC1C.I. The molecule has 1 heterocycles. The second-order valence-electron chi connectivity index (χ2n) is 7.60. The number of hydrogen-bond acceptors (Lipinski definition) is 3. The van der Waals surface area contributed by atoms with Gasteiger partial charge in [0.1, 0.15) is 6.54 Å². The summed E-state index contributed by atoms with van der Waals surface area (Å²) >= 11 is 0. The van der Waals surface area contributed by atoms with Crippen LogP contribution >= 0.6 is 24.0 Å². The van der Waals surface area contributed by atoms with Crippen LogP contribution < -0.4 is 16.0 Å². The molecule has 0 aromatic heterocycles. The topological polar surface area (TPSA) is 85.8 Å². The summed E-state index contributed by atoms with van der Waals surface area (Å²) in [6.07, 6.45) is 3.82. The van der Waals surface area contributed by atoms with Gasteiger partial charge in [-0.2, -0.15) is 0 Å². The van der Waals surface area contributed by atoms with Crippen molar-refractivity contribution in [1.29, 1.82) is 0 Å². The predicted octanol–water partition coefficient (Wildman–Crippen LogP) is 1.87. The number of likely N-dealkylation sites (tertiary alicyclic amines) is 1. The maximum absolute atomic E-state index is 12.3. The first-order valence-corrected chi connectivity index (χ1v) is 9.35. The van der Waals surface area contributed by atoms with Crippen LogP contribution in [0.25, 0.3) is 0 Å². The summed E-state index contributed by atoms with van der Waals surface area (Å²) in [5.74, 6) is 0.620. The highest BCUT2D eigenvalue weighted by molar-refractivity contribution is 14.0. The average Bonchev–Trinajstić information content (AvgIpc) is 2.51. The maximum atomic E-state index is 12.3. The molecule has 0 aromatic carbocycles. The lowest BCUT2D eigenvalue weighted by atomic mass is 10.0. The Bertz CT molecular complexity index is 477. The van der Waals surface area contributed by atoms with E-state index in [-0.39, 0.29) is 47.9 Å². The van der Waals surface area contributed by atoms with Crippen molar-refractivity contribution >= 4 is 41.8 Å². The van der Waals surface area contributed by atoms with E-state index in [0.717, 1.165) is 19.4 Å². The smallest absolute Gasteiger partial charge is 0.242 e. The summed E-state index contributed by atoms with van der Waals surface area (Å²) in [4.78, 5) is 30.4. The third-order valence-electron chi connectivity index (χ3n) is 3.99. The van der Waals surface area contributed by atoms with Crippen molar-refractivity contribution in [2.24, 2.45) is 4.99 Å². The van der Waals surface area contributed by atoms with E-state index in [4.69, 9.17) is 0 Å². The molecular formula is C18H36IN5O2. The van der Waals surface area contributed by atoms with Crippen molar-refractivity contribution in [2.75, 3.05) is 26.2 Å². The number of piperidine rings is 1. The Morgan fingerprint density at radius 2 is 1.88 bits per heavy atom. The van der Waals surface area contributed by atoms with E-state index in [2.05, 4.69) is 27.9 Å². The molecule has 0 spiro atoms. The van der Waals surface area contributed by atoms with E-state index in [1.807, 2.05) is 32.6 Å². The first-order chi connectivity index (χ1) is 11.7. The Balaban J connectivity index is 0.00000625. The molecule has 152 valence electrons. The predicted molar refractivity (Wildman–Crippen MR) is 117 cm³/mol. The van der Waals surface area contributed by atoms with Crippen LogP contribution in [0.3, 0.4) is 0 Å². The van der Waals surface area contributed by atoms with Gasteiger partial charge in [0.2, 0.25) is 11.8 Å². The van der Waals surface area contributed by atoms with Gasteiger partial charge in [-0.25, -0.2) is 4.99 Å². The molecule has 3 N–H and O–H groups in total. The van der Waals surface area contributed by atoms with Gasteiger partial charge >= 0.3 is 0 Å². The van der Waals surface area contributed by atoms with Crippen LogP contribution in [0.5, 0.6) is 0 Å². The summed E-state index contributed by atoms with van der Waals surface area (Å²) in [5, 5.41) is 9.11. The van der Waals surface area contributed by atoms with Crippen molar-refractivity contribution in [3.05, 3.63) is 0 Å². The number of carbonyl (C=O) groups is 2. The summed E-state index contributed by atoms with van der Waals surface area (Å²) in [5.41, 5.74) is -0.268. The van der Waals surface area contributed by atoms with Crippen molar-refractivity contribution < 1.29 is 9.59 Å². The number of amides is 2. The van der Waals surface area contributed by atoms with Gasteiger partial charge < -0.3 is 20.9 Å². The quantitative estimate of drug-likeness (QED) is 0.307. The first kappa shape index (κ1) is 24.9. The molecular weight excluding hydrogens is 445 g/mol. The monoisotopic (exact) mass is 481 g/mol. The van der Waals surface area contributed by atoms with Gasteiger partial charge in [0.25, 0.3) is 0 Å². The van der Waals surface area contributed by atoms with E-state index < -0.39 is 0 Å². The van der Waals surface area contributed by atoms with E-state index in [9.17, 15) is 9.59 Å². The van der Waals surface area contributed by atoms with Crippen molar-refractivity contribution in [3.8, 4) is 0 Å². The zero-order chi connectivity index (χ0) is 18.9. The van der Waals surface area contributed by atoms with Gasteiger partial charge in [-0.05, 0) is 53.9 Å². The summed E-state index contributed by atoms with van der Waals surface area (Å²) in [6.45, 7) is 12.0. The van der Waals surface area contributed by atoms with Crippen LogP contribution in [0, 0.1) is 0 Å². The standard InChI is InChI=1S/C18H35N5O2.HI/c1-6-19-17(21-13-15(24)22-18(3,4)5)20-11-10-16(25)23-12-8-7-9-14(23)2;/h14H,6-13H2,1-5H3,(H,22,24)(H2,19,20,21);1H. The minimum absolute atomic E-state index is 0. The van der Waals surface area contributed by atoms with Gasteiger partial charge in [-0.1, -0.05) is 0 Å². The summed E-state index contributed by atoms with van der Waals surface area (Å²) in [7, 11) is 0. The molecule has 0 radical (unpaired) electrons. The molecule has 1 rings (SSSR count). The minimum atomic E-state index is -0.268. The Labute approximate surface area is 175 Å². The lowest BCUT2D eigenvalue weighted by Gasteiger charge is -2.33. The second-order valence-corrected chi connectivity index (χ2v) is 7.60. The molecule has 8 heteroatoms. The molecule has 1 aliphatic rings. The van der Waals surface area contributed by atoms with E-state index in [1.54, 1.807) is 0 Å². The summed E-state index contributed by atoms with van der Waals surface area (Å²) in [6, 6.07) is 0.337. The molecule has 1 atom stereocenters. The zero-order valence-electron chi connectivity index (χ0n) is 16.9. The molecule has 7 nitrogen and oxygen atoms in total. The van der Waals surface area contributed by atoms with Crippen LogP contribution in [0.4, 0.5) is 0 Å². The Morgan fingerprint density at radius 3 is 2.46 bits per heavy atom. The molecule has 0 saturated carbocycles. The number of nitrogens with one attached hydrogen (secondary N) is 3. The van der Waals surface area contributed by atoms with Gasteiger partial charge in [-0.3, -0.25) is 9.59 Å². The molecule has 2 amide bonds. The van der Waals surface area contributed by atoms with E-state index in [1.165, 1.54) is 6.42 Å². The van der Waals surface area contributed by atoms with Gasteiger partial charge in [-0.15, -0.1) is 24.0 Å². The highest BCUT2D eigenvalue weighted by atomic mass is 127. The summed E-state index contributed by atoms with van der Waals surface area (Å²) < 4.78 is 0. The fourth-order valence-corrected chi connectivity index (χ4v) is 2.85. The van der Waals surface area contributed by atoms with E-state index >= 15 is 0 Å². The van der Waals surface area contributed by atoms with Crippen LogP contribution in [0.15, 0.2) is 4.99 Å². The number of halogens is 1. The molecule has 0 aliphatic carbocycles. The number of hydrogen-bond donors (Lipinski definition) is 3. The third kappa shape index (κ3) is 10.2. The molecule has 1 fully saturated rings. The number of nitrogens with zero attached hydrogens (tertiary/aromatic N) is 2. The van der Waals surface area contributed by atoms with Crippen LogP contribution in [0.1, 0.15) is 60.3 Å². The molecule has 0 aromatic rings. The van der Waals surface area contributed by atoms with Crippen molar-refractivity contribution in [3.63, 3.8) is 0 Å². The normalized spacial score (nSPS) is 18.0. The number of rotatable bonds is 6. The molecule has 1 unspecified atom stereocenters. The average molecular weight is 481 g/mol. The molecule has 0 bridgehead atoms. The Morgan fingerprint density at radius 1 is 1.19 bits per heavy atom. The second kappa shape index (κ2) is 12.3. The maximum Gasteiger partial charge on any atom is 0.242 e. The minimum Gasteiger partial charge on any atom is -0.357 e. The van der Waals surface area contributed by atoms with Gasteiger partial charge in [0.05, 0.1) is 0 Å². The van der Waals surface area contributed by atoms with E-state index in [0.29, 0.717) is 31.5 Å². The third-order valence-corrected chi connectivity index (χ3v) is 3.99. The number of guanidine groups is 1. The Hall–Kier alpha value is -1.06. The van der Waals surface area contributed by atoms with Crippen LogP contribution in [-0.4, -0.2) is 60.4 Å². The lowest BCUT2D eigenvalue weighted by molar-refractivity contribution is -0.134. The lowest BCUT2D eigenvalue weighted by Crippen LogP contribution is -2.45. The highest BCUT2D eigenvalue weighted by Crippen LogP contribution is 2.16. The largest absolute Gasteiger partial charge is 0.357 e. The van der Waals surface area contributed by atoms with Crippen molar-refractivity contribution in [2.45, 2.75) is 71.9 Å². The molecule has 26 heavy (non-hydrogen) atoms. The first-order valence-electron chi connectivity index (χ1n) is 9.35. The fraction of sp³-hybridized carbons (Fsp3) is 0.833.